The molecule has 0 fully saturated rings. The number of hydrogen-bond acceptors (Lipinski definition) is 2. The molecule has 0 aromatic heterocycles. The molecule has 94 valence electrons. The molecule has 0 aliphatic rings. The van der Waals surface area contributed by atoms with Crippen molar-refractivity contribution in [3.8, 4) is 0 Å². The molecule has 0 unspecified atom stereocenters. The van der Waals surface area contributed by atoms with E-state index in [1.165, 1.54) is 0 Å². The van der Waals surface area contributed by atoms with Gasteiger partial charge in [-0.15, -0.1) is 6.58 Å². The quantitative estimate of drug-likeness (QED) is 0.838. The first kappa shape index (κ1) is 13.9. The van der Waals surface area contributed by atoms with Crippen molar-refractivity contribution in [3.63, 3.8) is 0 Å². The van der Waals surface area contributed by atoms with Gasteiger partial charge in [-0.3, -0.25) is 0 Å². The summed E-state index contributed by atoms with van der Waals surface area (Å²) in [6.45, 7) is 9.09. The molecule has 1 rings (SSSR count). The van der Waals surface area contributed by atoms with Gasteiger partial charge in [0, 0.05) is 5.54 Å². The summed E-state index contributed by atoms with van der Waals surface area (Å²) in [6, 6.07) is 6.84. The van der Waals surface area contributed by atoms with Crippen LogP contribution in [-0.2, 0) is 16.4 Å². The fourth-order valence-corrected chi connectivity index (χ4v) is 2.85. The molecule has 0 aliphatic heterocycles. The van der Waals surface area contributed by atoms with Crippen LogP contribution in [0.15, 0.2) is 41.8 Å². The minimum Gasteiger partial charge on any atom is -0.207 e. The molecule has 0 radical (unpaired) electrons. The van der Waals surface area contributed by atoms with E-state index in [0.717, 1.165) is 12.0 Å². The highest BCUT2D eigenvalue weighted by Gasteiger charge is 2.21. The molecular formula is C13H19NO2S. The Morgan fingerprint density at radius 2 is 1.76 bits per heavy atom. The van der Waals surface area contributed by atoms with Gasteiger partial charge in [-0.05, 0) is 44.9 Å². The highest BCUT2D eigenvalue weighted by molar-refractivity contribution is 7.89. The summed E-state index contributed by atoms with van der Waals surface area (Å²) in [4.78, 5) is 0.292. The topological polar surface area (TPSA) is 46.2 Å². The zero-order valence-corrected chi connectivity index (χ0v) is 11.3. The molecular weight excluding hydrogens is 234 g/mol. The van der Waals surface area contributed by atoms with Crippen molar-refractivity contribution in [2.24, 2.45) is 0 Å². The Balaban J connectivity index is 2.96. The second-order valence-corrected chi connectivity index (χ2v) is 6.67. The van der Waals surface area contributed by atoms with Crippen molar-refractivity contribution in [2.75, 3.05) is 0 Å². The molecule has 0 saturated carbocycles. The second-order valence-electron chi connectivity index (χ2n) is 4.99. The molecule has 1 aromatic carbocycles. The van der Waals surface area contributed by atoms with E-state index in [2.05, 4.69) is 11.3 Å². The average Bonchev–Trinajstić information content (AvgIpc) is 2.15. The number of hydrogen-bond donors (Lipinski definition) is 1. The lowest BCUT2D eigenvalue weighted by molar-refractivity contribution is 0.491. The largest absolute Gasteiger partial charge is 0.241 e. The second kappa shape index (κ2) is 5.02. The first-order valence-corrected chi connectivity index (χ1v) is 6.97. The maximum Gasteiger partial charge on any atom is 0.241 e. The molecule has 0 heterocycles. The van der Waals surface area contributed by atoms with Crippen molar-refractivity contribution < 1.29 is 8.42 Å². The van der Waals surface area contributed by atoms with E-state index in [1.807, 2.05) is 20.8 Å². The maximum atomic E-state index is 12.0. The third-order valence-corrected chi connectivity index (χ3v) is 3.83. The minimum absolute atomic E-state index is 0.292. The number of nitrogens with one attached hydrogen (secondary N) is 1. The van der Waals surface area contributed by atoms with Gasteiger partial charge in [-0.1, -0.05) is 18.2 Å². The molecule has 17 heavy (non-hydrogen) atoms. The lowest BCUT2D eigenvalue weighted by atomic mass is 10.1. The van der Waals surface area contributed by atoms with Crippen LogP contribution >= 0.6 is 0 Å². The van der Waals surface area contributed by atoms with Gasteiger partial charge >= 0.3 is 0 Å². The van der Waals surface area contributed by atoms with E-state index < -0.39 is 15.6 Å². The van der Waals surface area contributed by atoms with Crippen LogP contribution in [0.2, 0.25) is 0 Å². The van der Waals surface area contributed by atoms with Gasteiger partial charge in [0.2, 0.25) is 10.0 Å². The summed E-state index contributed by atoms with van der Waals surface area (Å²) in [5, 5.41) is 0. The summed E-state index contributed by atoms with van der Waals surface area (Å²) >= 11 is 0. The Bertz CT molecular complexity index is 481. The first-order chi connectivity index (χ1) is 7.74. The maximum absolute atomic E-state index is 12.0. The van der Waals surface area contributed by atoms with Crippen molar-refractivity contribution in [2.45, 2.75) is 37.6 Å². The average molecular weight is 253 g/mol. The third-order valence-electron chi connectivity index (χ3n) is 2.05. The molecule has 1 N–H and O–H groups in total. The summed E-state index contributed by atoms with van der Waals surface area (Å²) in [6.07, 6.45) is 2.53. The Kier molecular flexibility index (Phi) is 4.11. The van der Waals surface area contributed by atoms with Crippen LogP contribution in [-0.4, -0.2) is 14.0 Å². The van der Waals surface area contributed by atoms with Crippen molar-refractivity contribution >= 4 is 10.0 Å². The fourth-order valence-electron chi connectivity index (χ4n) is 1.43. The predicted molar refractivity (Wildman–Crippen MR) is 70.4 cm³/mol. The summed E-state index contributed by atoms with van der Waals surface area (Å²) in [5.74, 6) is 0. The van der Waals surface area contributed by atoms with Crippen LogP contribution in [0.1, 0.15) is 26.3 Å². The summed E-state index contributed by atoms with van der Waals surface area (Å²) in [5.41, 5.74) is 0.577. The van der Waals surface area contributed by atoms with Gasteiger partial charge in [0.05, 0.1) is 4.90 Å². The molecule has 3 nitrogen and oxygen atoms in total. The van der Waals surface area contributed by atoms with Crippen LogP contribution in [0, 0.1) is 0 Å². The van der Waals surface area contributed by atoms with Crippen molar-refractivity contribution in [1.82, 2.24) is 4.72 Å². The monoisotopic (exact) mass is 253 g/mol. The summed E-state index contributed by atoms with van der Waals surface area (Å²) in [7, 11) is -3.43. The number of allylic oxidation sites excluding steroid dienone is 1. The molecule has 0 bridgehead atoms. The minimum atomic E-state index is -3.43. The van der Waals surface area contributed by atoms with E-state index in [0.29, 0.717) is 4.90 Å². The lowest BCUT2D eigenvalue weighted by Crippen LogP contribution is -2.40. The molecule has 0 amide bonds. The third kappa shape index (κ3) is 4.32. The van der Waals surface area contributed by atoms with Crippen LogP contribution in [0.4, 0.5) is 0 Å². The Morgan fingerprint density at radius 3 is 2.18 bits per heavy atom. The first-order valence-electron chi connectivity index (χ1n) is 5.48. The SMILES string of the molecule is C=CCc1ccc(S(=O)(=O)NC(C)(C)C)cc1. The van der Waals surface area contributed by atoms with Crippen LogP contribution in [0.25, 0.3) is 0 Å². The van der Waals surface area contributed by atoms with E-state index >= 15 is 0 Å². The highest BCUT2D eigenvalue weighted by atomic mass is 32.2. The Morgan fingerprint density at radius 1 is 1.24 bits per heavy atom. The van der Waals surface area contributed by atoms with Crippen molar-refractivity contribution in [1.29, 1.82) is 0 Å². The van der Waals surface area contributed by atoms with E-state index in [9.17, 15) is 8.42 Å². The van der Waals surface area contributed by atoms with E-state index in [-0.39, 0.29) is 0 Å². The zero-order valence-electron chi connectivity index (χ0n) is 10.5. The smallest absolute Gasteiger partial charge is 0.207 e. The normalized spacial score (nSPS) is 12.4. The standard InChI is InChI=1S/C13H19NO2S/c1-5-6-11-7-9-12(10-8-11)17(15,16)14-13(2,3)4/h5,7-10,14H,1,6H2,2-4H3. The van der Waals surface area contributed by atoms with Gasteiger partial charge < -0.3 is 0 Å². The van der Waals surface area contributed by atoms with Crippen LogP contribution in [0.5, 0.6) is 0 Å². The van der Waals surface area contributed by atoms with E-state index in [4.69, 9.17) is 0 Å². The molecule has 4 heteroatoms. The van der Waals surface area contributed by atoms with Crippen LogP contribution in [0.3, 0.4) is 0 Å². The molecule has 0 saturated heterocycles. The number of sulfonamides is 1. The van der Waals surface area contributed by atoms with Gasteiger partial charge in [0.15, 0.2) is 0 Å². The number of benzene rings is 1. The van der Waals surface area contributed by atoms with Gasteiger partial charge in [-0.25, -0.2) is 13.1 Å². The van der Waals surface area contributed by atoms with E-state index in [1.54, 1.807) is 30.3 Å². The Labute approximate surface area is 104 Å². The fraction of sp³-hybridized carbons (Fsp3) is 0.385. The number of rotatable bonds is 4. The molecule has 0 spiro atoms. The lowest BCUT2D eigenvalue weighted by Gasteiger charge is -2.20. The molecule has 0 atom stereocenters. The summed E-state index contributed by atoms with van der Waals surface area (Å²) < 4.78 is 26.6. The predicted octanol–water partition coefficient (Wildman–Crippen LogP) is 2.49. The zero-order chi connectivity index (χ0) is 13.1. The van der Waals surface area contributed by atoms with Crippen molar-refractivity contribution in [3.05, 3.63) is 42.5 Å². The van der Waals surface area contributed by atoms with Gasteiger partial charge in [-0.2, -0.15) is 0 Å². The van der Waals surface area contributed by atoms with Gasteiger partial charge in [0.1, 0.15) is 0 Å². The Hall–Kier alpha value is -1.13. The molecule has 0 aliphatic carbocycles. The van der Waals surface area contributed by atoms with Gasteiger partial charge in [0.25, 0.3) is 0 Å². The highest BCUT2D eigenvalue weighted by Crippen LogP contribution is 2.14. The van der Waals surface area contributed by atoms with Crippen LogP contribution < -0.4 is 4.72 Å². The molecule has 1 aromatic rings.